The van der Waals surface area contributed by atoms with E-state index in [2.05, 4.69) is 20.3 Å². The number of carbonyl (C=O) groups excluding carboxylic acids is 1. The number of carbonyl (C=O) groups is 1. The first-order chi connectivity index (χ1) is 12.5. The van der Waals surface area contributed by atoms with Crippen molar-refractivity contribution in [2.24, 2.45) is 0 Å². The second kappa shape index (κ2) is 8.29. The van der Waals surface area contributed by atoms with Gasteiger partial charge in [0, 0.05) is 30.7 Å². The van der Waals surface area contributed by atoms with Gasteiger partial charge in [0.25, 0.3) is 0 Å². The SMILES string of the molecule is O=C(NCc1cccnc1)Nc1ccc(S(=O)(=O)NC2CCCC2)cc1. The third kappa shape index (κ3) is 5.03. The van der Waals surface area contributed by atoms with E-state index < -0.39 is 10.0 Å². The highest BCUT2D eigenvalue weighted by Crippen LogP contribution is 2.21. The largest absolute Gasteiger partial charge is 0.334 e. The van der Waals surface area contributed by atoms with Crippen molar-refractivity contribution in [3.8, 4) is 0 Å². The van der Waals surface area contributed by atoms with E-state index in [0.29, 0.717) is 12.2 Å². The van der Waals surface area contributed by atoms with Crippen molar-refractivity contribution >= 4 is 21.7 Å². The lowest BCUT2D eigenvalue weighted by atomic mass is 10.3. The zero-order valence-corrected chi connectivity index (χ0v) is 15.1. The Morgan fingerprint density at radius 3 is 2.50 bits per heavy atom. The van der Waals surface area contributed by atoms with Crippen LogP contribution in [0.5, 0.6) is 0 Å². The fourth-order valence-corrected chi connectivity index (χ4v) is 4.21. The predicted octanol–water partition coefficient (Wildman–Crippen LogP) is 2.62. The predicted molar refractivity (Wildman–Crippen MR) is 99.1 cm³/mol. The lowest BCUT2D eigenvalue weighted by Gasteiger charge is -2.13. The number of benzene rings is 1. The van der Waals surface area contributed by atoms with Gasteiger partial charge in [0.05, 0.1) is 4.90 Å². The molecule has 0 radical (unpaired) electrons. The van der Waals surface area contributed by atoms with Crippen LogP contribution in [0.1, 0.15) is 31.2 Å². The molecule has 2 amide bonds. The Balaban J connectivity index is 1.54. The van der Waals surface area contributed by atoms with Gasteiger partial charge in [0.1, 0.15) is 0 Å². The Labute approximate surface area is 153 Å². The van der Waals surface area contributed by atoms with E-state index in [9.17, 15) is 13.2 Å². The highest BCUT2D eigenvalue weighted by molar-refractivity contribution is 7.89. The van der Waals surface area contributed by atoms with E-state index in [1.165, 1.54) is 12.1 Å². The average Bonchev–Trinajstić information content (AvgIpc) is 3.14. The fraction of sp³-hybridized carbons (Fsp3) is 0.333. The maximum Gasteiger partial charge on any atom is 0.319 e. The number of anilines is 1. The number of nitrogens with one attached hydrogen (secondary N) is 3. The Hall–Kier alpha value is -2.45. The van der Waals surface area contributed by atoms with E-state index >= 15 is 0 Å². The van der Waals surface area contributed by atoms with Gasteiger partial charge in [-0.15, -0.1) is 0 Å². The maximum atomic E-state index is 12.4. The zero-order chi connectivity index (χ0) is 18.4. The van der Waals surface area contributed by atoms with Crippen molar-refractivity contribution in [2.45, 2.75) is 43.2 Å². The van der Waals surface area contributed by atoms with E-state index in [1.807, 2.05) is 6.07 Å². The summed E-state index contributed by atoms with van der Waals surface area (Å²) < 4.78 is 27.5. The summed E-state index contributed by atoms with van der Waals surface area (Å²) in [5.74, 6) is 0. The summed E-state index contributed by atoms with van der Waals surface area (Å²) in [6.45, 7) is 0.359. The molecule has 7 nitrogen and oxygen atoms in total. The second-order valence-electron chi connectivity index (χ2n) is 6.30. The number of hydrogen-bond acceptors (Lipinski definition) is 4. The van der Waals surface area contributed by atoms with Crippen LogP contribution in [0.4, 0.5) is 10.5 Å². The molecule has 138 valence electrons. The van der Waals surface area contributed by atoms with E-state index in [-0.39, 0.29) is 17.0 Å². The molecule has 0 unspecified atom stereocenters. The van der Waals surface area contributed by atoms with Crippen LogP contribution in [-0.2, 0) is 16.6 Å². The number of aromatic nitrogens is 1. The van der Waals surface area contributed by atoms with Gasteiger partial charge >= 0.3 is 6.03 Å². The molecule has 0 aliphatic heterocycles. The van der Waals surface area contributed by atoms with Gasteiger partial charge in [-0.2, -0.15) is 0 Å². The van der Waals surface area contributed by atoms with E-state index in [4.69, 9.17) is 0 Å². The smallest absolute Gasteiger partial charge is 0.319 e. The first kappa shape index (κ1) is 18.3. The van der Waals surface area contributed by atoms with Crippen LogP contribution in [-0.4, -0.2) is 25.5 Å². The van der Waals surface area contributed by atoms with Crippen LogP contribution in [0.3, 0.4) is 0 Å². The molecule has 1 aliphatic carbocycles. The van der Waals surface area contributed by atoms with Crippen LogP contribution in [0.25, 0.3) is 0 Å². The number of rotatable bonds is 6. The highest BCUT2D eigenvalue weighted by Gasteiger charge is 2.22. The topological polar surface area (TPSA) is 100 Å². The van der Waals surface area contributed by atoms with Crippen molar-refractivity contribution in [1.29, 1.82) is 0 Å². The van der Waals surface area contributed by atoms with Crippen LogP contribution in [0.15, 0.2) is 53.7 Å². The molecule has 1 aromatic heterocycles. The molecular weight excluding hydrogens is 352 g/mol. The Kier molecular flexibility index (Phi) is 5.85. The molecule has 26 heavy (non-hydrogen) atoms. The van der Waals surface area contributed by atoms with Crippen molar-refractivity contribution in [2.75, 3.05) is 5.32 Å². The number of pyridine rings is 1. The van der Waals surface area contributed by atoms with Gasteiger partial charge in [-0.3, -0.25) is 4.98 Å². The molecule has 3 rings (SSSR count). The molecule has 0 atom stereocenters. The quantitative estimate of drug-likeness (QED) is 0.723. The summed E-state index contributed by atoms with van der Waals surface area (Å²) in [6, 6.07) is 9.46. The Morgan fingerprint density at radius 1 is 1.12 bits per heavy atom. The van der Waals surface area contributed by atoms with Crippen molar-refractivity contribution in [3.05, 3.63) is 54.4 Å². The molecule has 8 heteroatoms. The maximum absolute atomic E-state index is 12.4. The van der Waals surface area contributed by atoms with Crippen molar-refractivity contribution in [1.82, 2.24) is 15.0 Å². The minimum absolute atomic E-state index is 0.0241. The summed E-state index contributed by atoms with van der Waals surface area (Å²) in [6.07, 6.45) is 7.23. The van der Waals surface area contributed by atoms with Crippen LogP contribution < -0.4 is 15.4 Å². The molecular formula is C18H22N4O3S. The molecule has 1 fully saturated rings. The molecule has 0 bridgehead atoms. The van der Waals surface area contributed by atoms with Gasteiger partial charge in [0.15, 0.2) is 0 Å². The third-order valence-electron chi connectivity index (χ3n) is 4.28. The molecule has 1 saturated carbocycles. The molecule has 0 saturated heterocycles. The molecule has 1 aromatic carbocycles. The zero-order valence-electron chi connectivity index (χ0n) is 14.3. The average molecular weight is 374 g/mol. The van der Waals surface area contributed by atoms with Gasteiger partial charge in [-0.25, -0.2) is 17.9 Å². The Morgan fingerprint density at radius 2 is 1.85 bits per heavy atom. The summed E-state index contributed by atoms with van der Waals surface area (Å²) in [5, 5.41) is 5.40. The first-order valence-electron chi connectivity index (χ1n) is 8.59. The van der Waals surface area contributed by atoms with Crippen LogP contribution >= 0.6 is 0 Å². The number of urea groups is 1. The summed E-state index contributed by atoms with van der Waals surface area (Å²) in [4.78, 5) is 16.1. The van der Waals surface area contributed by atoms with E-state index in [0.717, 1.165) is 31.2 Å². The number of hydrogen-bond donors (Lipinski definition) is 3. The normalized spacial score (nSPS) is 14.9. The number of amides is 2. The summed E-state index contributed by atoms with van der Waals surface area (Å²) >= 11 is 0. The first-order valence-corrected chi connectivity index (χ1v) is 10.1. The summed E-state index contributed by atoms with van der Waals surface area (Å²) in [5.41, 5.74) is 1.41. The minimum Gasteiger partial charge on any atom is -0.334 e. The second-order valence-corrected chi connectivity index (χ2v) is 8.01. The minimum atomic E-state index is -3.52. The van der Waals surface area contributed by atoms with Gasteiger partial charge < -0.3 is 10.6 Å². The number of nitrogens with zero attached hydrogens (tertiary/aromatic N) is 1. The van der Waals surface area contributed by atoms with Gasteiger partial charge in [0.2, 0.25) is 10.0 Å². The van der Waals surface area contributed by atoms with E-state index in [1.54, 1.807) is 30.6 Å². The monoisotopic (exact) mass is 374 g/mol. The van der Waals surface area contributed by atoms with Gasteiger partial charge in [-0.05, 0) is 48.7 Å². The third-order valence-corrected chi connectivity index (χ3v) is 5.81. The molecule has 3 N–H and O–H groups in total. The molecule has 2 aromatic rings. The lowest BCUT2D eigenvalue weighted by Crippen LogP contribution is -2.32. The van der Waals surface area contributed by atoms with Crippen LogP contribution in [0.2, 0.25) is 0 Å². The summed E-state index contributed by atoms with van der Waals surface area (Å²) in [7, 11) is -3.52. The Bertz CT molecular complexity index is 832. The van der Waals surface area contributed by atoms with Crippen molar-refractivity contribution in [3.63, 3.8) is 0 Å². The van der Waals surface area contributed by atoms with Crippen LogP contribution in [0, 0.1) is 0 Å². The van der Waals surface area contributed by atoms with Gasteiger partial charge in [-0.1, -0.05) is 18.9 Å². The molecule has 1 aliphatic rings. The molecule has 0 spiro atoms. The fourth-order valence-electron chi connectivity index (χ4n) is 2.91. The lowest BCUT2D eigenvalue weighted by molar-refractivity contribution is 0.251. The molecule has 1 heterocycles. The number of sulfonamides is 1. The van der Waals surface area contributed by atoms with Crippen molar-refractivity contribution < 1.29 is 13.2 Å². The highest BCUT2D eigenvalue weighted by atomic mass is 32.2. The standard InChI is InChI=1S/C18H22N4O3S/c23-18(20-13-14-4-3-11-19-12-14)21-15-7-9-17(10-8-15)26(24,25)22-16-5-1-2-6-16/h3-4,7-12,16,22H,1-2,5-6,13H2,(H2,20,21,23).